The summed E-state index contributed by atoms with van der Waals surface area (Å²) in [7, 11) is 0. The molecule has 1 aromatic carbocycles. The van der Waals surface area contributed by atoms with Gasteiger partial charge in [-0.15, -0.1) is 0 Å². The van der Waals surface area contributed by atoms with Crippen molar-refractivity contribution in [3.63, 3.8) is 0 Å². The SMILES string of the molecule is CC(=O)[Se]c1ccc(Cl)cc1. The van der Waals surface area contributed by atoms with E-state index in [1.54, 1.807) is 6.92 Å². The second-order valence-electron chi connectivity index (χ2n) is 2.05. The first kappa shape index (κ1) is 8.79. The zero-order valence-corrected chi connectivity index (χ0v) is 8.47. The van der Waals surface area contributed by atoms with E-state index >= 15 is 0 Å². The standard InChI is InChI=1S/C8H7ClOSe/c1-6(10)11-8-4-2-7(9)3-5-8/h2-5H,1H3. The molecule has 0 fully saturated rings. The molecule has 11 heavy (non-hydrogen) atoms. The van der Waals surface area contributed by atoms with Crippen LogP contribution in [-0.2, 0) is 4.79 Å². The van der Waals surface area contributed by atoms with Crippen LogP contribution in [0.5, 0.6) is 0 Å². The van der Waals surface area contributed by atoms with Crippen molar-refractivity contribution < 1.29 is 4.79 Å². The van der Waals surface area contributed by atoms with Gasteiger partial charge in [0.25, 0.3) is 0 Å². The van der Waals surface area contributed by atoms with Crippen molar-refractivity contribution in [2.45, 2.75) is 6.92 Å². The van der Waals surface area contributed by atoms with Gasteiger partial charge < -0.3 is 0 Å². The normalized spacial score (nSPS) is 9.64. The van der Waals surface area contributed by atoms with E-state index in [-0.39, 0.29) is 19.6 Å². The third kappa shape index (κ3) is 3.06. The maximum absolute atomic E-state index is 10.7. The van der Waals surface area contributed by atoms with Gasteiger partial charge in [-0.25, -0.2) is 0 Å². The molecule has 3 heteroatoms. The van der Waals surface area contributed by atoms with Gasteiger partial charge in [-0.3, -0.25) is 0 Å². The molecule has 0 N–H and O–H groups in total. The summed E-state index contributed by atoms with van der Waals surface area (Å²) in [4.78, 5) is 10.7. The fourth-order valence-corrected chi connectivity index (χ4v) is 2.06. The molecule has 0 aliphatic rings. The summed E-state index contributed by atoms with van der Waals surface area (Å²) >= 11 is 5.63. The molecule has 0 aliphatic heterocycles. The Morgan fingerprint density at radius 3 is 2.36 bits per heavy atom. The fraction of sp³-hybridized carbons (Fsp3) is 0.125. The average Bonchev–Trinajstić information content (AvgIpc) is 1.93. The second kappa shape index (κ2) is 3.91. The van der Waals surface area contributed by atoms with Crippen LogP contribution in [-0.4, -0.2) is 19.6 Å². The van der Waals surface area contributed by atoms with Crippen molar-refractivity contribution in [3.05, 3.63) is 29.3 Å². The second-order valence-corrected chi connectivity index (χ2v) is 5.11. The third-order valence-electron chi connectivity index (χ3n) is 1.08. The minimum atomic E-state index is -0.0371. The van der Waals surface area contributed by atoms with Crippen molar-refractivity contribution >= 4 is 35.7 Å². The van der Waals surface area contributed by atoms with E-state index in [4.69, 9.17) is 11.6 Å². The molecule has 0 atom stereocenters. The Morgan fingerprint density at radius 1 is 1.36 bits per heavy atom. The van der Waals surface area contributed by atoms with Gasteiger partial charge in [-0.05, 0) is 0 Å². The number of hydrogen-bond donors (Lipinski definition) is 0. The molecule has 58 valence electrons. The van der Waals surface area contributed by atoms with E-state index in [0.717, 1.165) is 4.46 Å². The fourth-order valence-electron chi connectivity index (χ4n) is 0.669. The maximum atomic E-state index is 10.7. The monoisotopic (exact) mass is 234 g/mol. The summed E-state index contributed by atoms with van der Waals surface area (Å²) in [6.07, 6.45) is 0. The van der Waals surface area contributed by atoms with Gasteiger partial charge in [-0.1, -0.05) is 0 Å². The van der Waals surface area contributed by atoms with Gasteiger partial charge >= 0.3 is 76.7 Å². The molecule has 1 rings (SSSR count). The Bertz CT molecular complexity index is 255. The van der Waals surface area contributed by atoms with Crippen molar-refractivity contribution in [3.8, 4) is 0 Å². The average molecular weight is 234 g/mol. The van der Waals surface area contributed by atoms with Crippen molar-refractivity contribution in [2.24, 2.45) is 0 Å². The van der Waals surface area contributed by atoms with E-state index in [1.165, 1.54) is 0 Å². The van der Waals surface area contributed by atoms with Crippen molar-refractivity contribution in [2.75, 3.05) is 0 Å². The molecular formula is C8H7ClOSe. The molecule has 0 aromatic heterocycles. The molecular weight excluding hydrogens is 226 g/mol. The van der Waals surface area contributed by atoms with Crippen LogP contribution in [0.1, 0.15) is 6.92 Å². The molecule has 0 spiro atoms. The number of carbonyl (C=O) groups excluding carboxylic acids is 1. The Hall–Kier alpha value is -0.301. The Labute approximate surface area is 76.9 Å². The molecule has 1 nitrogen and oxygen atoms in total. The first-order chi connectivity index (χ1) is 5.18. The summed E-state index contributed by atoms with van der Waals surface area (Å²) in [6, 6.07) is 7.40. The topological polar surface area (TPSA) is 17.1 Å². The Balaban J connectivity index is 2.74. The molecule has 0 radical (unpaired) electrons. The van der Waals surface area contributed by atoms with Crippen molar-refractivity contribution in [1.29, 1.82) is 0 Å². The number of hydrogen-bond acceptors (Lipinski definition) is 1. The van der Waals surface area contributed by atoms with E-state index in [1.807, 2.05) is 24.3 Å². The van der Waals surface area contributed by atoms with Gasteiger partial charge in [0, 0.05) is 0 Å². The molecule has 0 amide bonds. The number of carbonyl (C=O) groups is 1. The van der Waals surface area contributed by atoms with Crippen LogP contribution in [0.4, 0.5) is 0 Å². The third-order valence-corrected chi connectivity index (χ3v) is 3.00. The van der Waals surface area contributed by atoms with Gasteiger partial charge in [0.15, 0.2) is 0 Å². The van der Waals surface area contributed by atoms with E-state index < -0.39 is 0 Å². The zero-order valence-electron chi connectivity index (χ0n) is 6.00. The summed E-state index contributed by atoms with van der Waals surface area (Å²) in [6.45, 7) is 1.61. The van der Waals surface area contributed by atoms with Crippen LogP contribution in [0.2, 0.25) is 5.02 Å². The number of rotatable bonds is 2. The minimum absolute atomic E-state index is 0.0371. The van der Waals surface area contributed by atoms with Crippen LogP contribution in [0, 0.1) is 0 Å². The molecule has 0 saturated heterocycles. The first-order valence-corrected chi connectivity index (χ1v) is 5.21. The van der Waals surface area contributed by atoms with E-state index in [9.17, 15) is 4.79 Å². The summed E-state index contributed by atoms with van der Waals surface area (Å²) in [5.74, 6) is 0. The molecule has 0 saturated carbocycles. The number of halogens is 1. The predicted octanol–water partition coefficient (Wildman–Crippen LogP) is 1.22. The molecule has 1 aromatic rings. The van der Waals surface area contributed by atoms with Gasteiger partial charge in [-0.2, -0.15) is 0 Å². The van der Waals surface area contributed by atoms with E-state index in [0.29, 0.717) is 5.02 Å². The molecule has 0 unspecified atom stereocenters. The Morgan fingerprint density at radius 2 is 1.91 bits per heavy atom. The Kier molecular flexibility index (Phi) is 3.13. The predicted molar refractivity (Wildman–Crippen MR) is 47.5 cm³/mol. The van der Waals surface area contributed by atoms with Crippen LogP contribution < -0.4 is 4.46 Å². The van der Waals surface area contributed by atoms with Gasteiger partial charge in [0.2, 0.25) is 0 Å². The van der Waals surface area contributed by atoms with Crippen LogP contribution in [0.3, 0.4) is 0 Å². The zero-order chi connectivity index (χ0) is 8.27. The molecule has 0 aliphatic carbocycles. The van der Waals surface area contributed by atoms with Crippen LogP contribution in [0.15, 0.2) is 24.3 Å². The molecule has 0 bridgehead atoms. The van der Waals surface area contributed by atoms with Crippen LogP contribution in [0.25, 0.3) is 0 Å². The van der Waals surface area contributed by atoms with Gasteiger partial charge in [0.1, 0.15) is 0 Å². The number of benzene rings is 1. The van der Waals surface area contributed by atoms with Crippen LogP contribution >= 0.6 is 11.6 Å². The van der Waals surface area contributed by atoms with Crippen molar-refractivity contribution in [1.82, 2.24) is 0 Å². The summed E-state index contributed by atoms with van der Waals surface area (Å²) in [5.41, 5.74) is 0. The summed E-state index contributed by atoms with van der Waals surface area (Å²) < 4.78 is 1.31. The molecule has 0 heterocycles. The quantitative estimate of drug-likeness (QED) is 0.702. The summed E-state index contributed by atoms with van der Waals surface area (Å²) in [5, 5.41) is 0.716. The first-order valence-electron chi connectivity index (χ1n) is 3.12. The van der Waals surface area contributed by atoms with E-state index in [2.05, 4.69) is 0 Å². The van der Waals surface area contributed by atoms with Gasteiger partial charge in [0.05, 0.1) is 0 Å².